The largest absolute Gasteiger partial charge is 0.198 e. The number of nitriles is 1. The molecule has 0 saturated heterocycles. The lowest BCUT2D eigenvalue weighted by molar-refractivity contribution is 0.200. The van der Waals surface area contributed by atoms with Crippen LogP contribution < -0.4 is 0 Å². The molecule has 0 bridgehead atoms. The smallest absolute Gasteiger partial charge is 0.0689 e. The molecule has 1 saturated carbocycles. The van der Waals surface area contributed by atoms with Crippen LogP contribution in [0.25, 0.3) is 0 Å². The average molecular weight is 135 g/mol. The Morgan fingerprint density at radius 1 is 1.60 bits per heavy atom. The highest BCUT2D eigenvalue weighted by atomic mass is 14.4. The first-order valence-corrected chi connectivity index (χ1v) is 3.85. The molecule has 1 heteroatoms. The van der Waals surface area contributed by atoms with Gasteiger partial charge in [0.1, 0.15) is 0 Å². The van der Waals surface area contributed by atoms with Gasteiger partial charge in [0.05, 0.1) is 11.5 Å². The van der Waals surface area contributed by atoms with Crippen molar-refractivity contribution in [3.63, 3.8) is 0 Å². The summed E-state index contributed by atoms with van der Waals surface area (Å²) in [6, 6.07) is 2.40. The molecule has 0 radical (unpaired) electrons. The minimum absolute atomic E-state index is 0.0498. The molecule has 0 unspecified atom stereocenters. The van der Waals surface area contributed by atoms with Crippen molar-refractivity contribution < 1.29 is 0 Å². The minimum atomic E-state index is 0.0498. The van der Waals surface area contributed by atoms with Gasteiger partial charge >= 0.3 is 0 Å². The van der Waals surface area contributed by atoms with Crippen molar-refractivity contribution in [2.75, 3.05) is 0 Å². The van der Waals surface area contributed by atoms with E-state index in [4.69, 9.17) is 5.26 Å². The Morgan fingerprint density at radius 2 is 2.30 bits per heavy atom. The van der Waals surface area contributed by atoms with E-state index < -0.39 is 0 Å². The molecule has 0 aromatic carbocycles. The predicted octanol–water partition coefficient (Wildman–Crippen LogP) is 2.65. The summed E-state index contributed by atoms with van der Waals surface area (Å²) in [5.74, 6) is 0. The van der Waals surface area contributed by atoms with Crippen molar-refractivity contribution in [1.82, 2.24) is 0 Å². The van der Waals surface area contributed by atoms with Crippen molar-refractivity contribution in [3.8, 4) is 6.07 Å². The average Bonchev–Trinajstić information content (AvgIpc) is 1.87. The third kappa shape index (κ3) is 1.21. The molecule has 54 valence electrons. The van der Waals surface area contributed by atoms with Crippen molar-refractivity contribution >= 4 is 0 Å². The van der Waals surface area contributed by atoms with Gasteiger partial charge in [0.2, 0.25) is 0 Å². The van der Waals surface area contributed by atoms with Gasteiger partial charge in [-0.05, 0) is 25.7 Å². The Morgan fingerprint density at radius 3 is 2.60 bits per heavy atom. The normalized spacial score (nSPS) is 20.7. The molecule has 0 amide bonds. The second-order valence-corrected chi connectivity index (χ2v) is 3.07. The third-order valence-electron chi connectivity index (χ3n) is 2.37. The number of rotatable bonds is 3. The lowest BCUT2D eigenvalue weighted by atomic mass is 9.67. The minimum Gasteiger partial charge on any atom is -0.198 e. The second kappa shape index (κ2) is 2.88. The van der Waals surface area contributed by atoms with Crippen LogP contribution in [0.3, 0.4) is 0 Å². The summed E-state index contributed by atoms with van der Waals surface area (Å²) in [6.45, 7) is 3.65. The molecule has 1 aliphatic carbocycles. The topological polar surface area (TPSA) is 23.8 Å². The summed E-state index contributed by atoms with van der Waals surface area (Å²) in [6.07, 6.45) is 7.37. The van der Waals surface area contributed by atoms with Crippen LogP contribution in [0.5, 0.6) is 0 Å². The Hall–Kier alpha value is -0.770. The molecule has 0 aromatic heterocycles. The van der Waals surface area contributed by atoms with Gasteiger partial charge < -0.3 is 0 Å². The molecule has 0 atom stereocenters. The number of hydrogen-bond acceptors (Lipinski definition) is 1. The maximum absolute atomic E-state index is 8.78. The van der Waals surface area contributed by atoms with E-state index in [0.29, 0.717) is 0 Å². The van der Waals surface area contributed by atoms with Gasteiger partial charge in [-0.1, -0.05) is 12.5 Å². The molecule has 1 aliphatic rings. The summed E-state index contributed by atoms with van der Waals surface area (Å²) >= 11 is 0. The monoisotopic (exact) mass is 135 g/mol. The fraction of sp³-hybridized carbons (Fsp3) is 0.667. The van der Waals surface area contributed by atoms with Crippen LogP contribution >= 0.6 is 0 Å². The molecule has 10 heavy (non-hydrogen) atoms. The summed E-state index contributed by atoms with van der Waals surface area (Å²) in [4.78, 5) is 0. The Bertz CT molecular complexity index is 160. The molecule has 0 aromatic rings. The molecule has 1 fully saturated rings. The van der Waals surface area contributed by atoms with Crippen molar-refractivity contribution in [1.29, 1.82) is 5.26 Å². The molecule has 0 spiro atoms. The van der Waals surface area contributed by atoms with Crippen LogP contribution in [0.2, 0.25) is 0 Å². The van der Waals surface area contributed by atoms with Crippen LogP contribution in [0.4, 0.5) is 0 Å². The highest BCUT2D eigenvalue weighted by Gasteiger charge is 2.35. The quantitative estimate of drug-likeness (QED) is 0.546. The molecule has 1 rings (SSSR count). The lowest BCUT2D eigenvalue weighted by Gasteiger charge is -2.34. The molecule has 1 nitrogen and oxygen atoms in total. The first kappa shape index (κ1) is 7.34. The molecule has 0 aliphatic heterocycles. The maximum Gasteiger partial charge on any atom is 0.0689 e. The summed E-state index contributed by atoms with van der Waals surface area (Å²) in [7, 11) is 0. The highest BCUT2D eigenvalue weighted by Crippen LogP contribution is 2.43. The molecule has 0 heterocycles. The van der Waals surface area contributed by atoms with Crippen LogP contribution in [-0.2, 0) is 0 Å². The zero-order chi connectivity index (χ0) is 7.45. The van der Waals surface area contributed by atoms with E-state index in [1.165, 1.54) is 6.42 Å². The van der Waals surface area contributed by atoms with E-state index in [1.807, 2.05) is 6.08 Å². The van der Waals surface area contributed by atoms with E-state index in [2.05, 4.69) is 12.6 Å². The van der Waals surface area contributed by atoms with Gasteiger partial charge in [0, 0.05) is 0 Å². The van der Waals surface area contributed by atoms with Gasteiger partial charge in [-0.2, -0.15) is 5.26 Å². The van der Waals surface area contributed by atoms with Gasteiger partial charge in [-0.25, -0.2) is 0 Å². The molecular formula is C9H13N. The van der Waals surface area contributed by atoms with Gasteiger partial charge in [-0.3, -0.25) is 0 Å². The summed E-state index contributed by atoms with van der Waals surface area (Å²) < 4.78 is 0. The zero-order valence-electron chi connectivity index (χ0n) is 6.27. The first-order valence-electron chi connectivity index (χ1n) is 3.85. The van der Waals surface area contributed by atoms with Crippen molar-refractivity contribution in [2.24, 2.45) is 5.41 Å². The van der Waals surface area contributed by atoms with E-state index in [9.17, 15) is 0 Å². The molecular weight excluding hydrogens is 122 g/mol. The van der Waals surface area contributed by atoms with Crippen LogP contribution in [0, 0.1) is 16.7 Å². The SMILES string of the molecule is C=CCCC1(C#N)CCC1. The maximum atomic E-state index is 8.78. The number of allylic oxidation sites excluding steroid dienone is 1. The van der Waals surface area contributed by atoms with Gasteiger partial charge in [0.25, 0.3) is 0 Å². The first-order chi connectivity index (χ1) is 4.83. The standard InChI is InChI=1S/C9H13N/c1-2-3-5-9(8-10)6-4-7-9/h2H,1,3-7H2. The predicted molar refractivity (Wildman–Crippen MR) is 41.3 cm³/mol. The second-order valence-electron chi connectivity index (χ2n) is 3.07. The number of hydrogen-bond donors (Lipinski definition) is 0. The van der Waals surface area contributed by atoms with E-state index >= 15 is 0 Å². The van der Waals surface area contributed by atoms with Gasteiger partial charge in [-0.15, -0.1) is 6.58 Å². The Balaban J connectivity index is 2.35. The lowest BCUT2D eigenvalue weighted by Crippen LogP contribution is -2.26. The summed E-state index contributed by atoms with van der Waals surface area (Å²) in [5, 5.41) is 8.78. The van der Waals surface area contributed by atoms with E-state index in [-0.39, 0.29) is 5.41 Å². The van der Waals surface area contributed by atoms with Crippen molar-refractivity contribution in [3.05, 3.63) is 12.7 Å². The van der Waals surface area contributed by atoms with Crippen LogP contribution in [0.1, 0.15) is 32.1 Å². The van der Waals surface area contributed by atoms with Crippen LogP contribution in [0.15, 0.2) is 12.7 Å². The van der Waals surface area contributed by atoms with E-state index in [0.717, 1.165) is 25.7 Å². The Kier molecular flexibility index (Phi) is 2.11. The summed E-state index contributed by atoms with van der Waals surface area (Å²) in [5.41, 5.74) is 0.0498. The van der Waals surface area contributed by atoms with E-state index in [1.54, 1.807) is 0 Å². The fourth-order valence-electron chi connectivity index (χ4n) is 1.40. The Labute approximate surface area is 62.4 Å². The third-order valence-corrected chi connectivity index (χ3v) is 2.37. The fourth-order valence-corrected chi connectivity index (χ4v) is 1.40. The zero-order valence-corrected chi connectivity index (χ0v) is 6.27. The number of nitrogens with zero attached hydrogens (tertiary/aromatic N) is 1. The highest BCUT2D eigenvalue weighted by molar-refractivity contribution is 5.04. The molecule has 0 N–H and O–H groups in total. The van der Waals surface area contributed by atoms with Gasteiger partial charge in [0.15, 0.2) is 0 Å². The van der Waals surface area contributed by atoms with Crippen LogP contribution in [-0.4, -0.2) is 0 Å². The van der Waals surface area contributed by atoms with Crippen molar-refractivity contribution in [2.45, 2.75) is 32.1 Å².